The Hall–Kier alpha value is -2.83. The highest BCUT2D eigenvalue weighted by Gasteiger charge is 2.44. The Bertz CT molecular complexity index is 1190. The average Bonchev–Trinajstić information content (AvgIpc) is 2.85. The number of nitrogens with zero attached hydrogens (tertiary/aromatic N) is 2. The summed E-state index contributed by atoms with van der Waals surface area (Å²) in [5.74, 6) is 6.06. The normalized spacial score (nSPS) is 24.4. The van der Waals surface area contributed by atoms with Crippen LogP contribution in [0.25, 0.3) is 0 Å². The van der Waals surface area contributed by atoms with Gasteiger partial charge in [-0.15, -0.1) is 5.10 Å². The number of benzene rings is 2. The number of aromatic nitrogens is 2. The maximum absolute atomic E-state index is 10.4. The first-order valence-electron chi connectivity index (χ1n) is 10.9. The van der Waals surface area contributed by atoms with Crippen LogP contribution in [0.1, 0.15) is 39.7 Å². The lowest BCUT2D eigenvalue weighted by Crippen LogP contribution is -2.55. The summed E-state index contributed by atoms with van der Waals surface area (Å²) in [4.78, 5) is 0. The van der Waals surface area contributed by atoms with Crippen molar-refractivity contribution >= 4 is 11.6 Å². The Balaban J connectivity index is 1.50. The third-order valence-corrected chi connectivity index (χ3v) is 6.14. The van der Waals surface area contributed by atoms with Crippen LogP contribution in [0.4, 0.5) is 0 Å². The number of hydrogen-bond donors (Lipinski definition) is 4. The van der Waals surface area contributed by atoms with Crippen molar-refractivity contribution in [3.05, 3.63) is 93.3 Å². The molecule has 1 saturated heterocycles. The molecule has 0 spiro atoms. The van der Waals surface area contributed by atoms with E-state index < -0.39 is 37.1 Å². The van der Waals surface area contributed by atoms with Crippen LogP contribution in [-0.2, 0) is 11.2 Å². The van der Waals surface area contributed by atoms with E-state index in [1.165, 1.54) is 0 Å². The summed E-state index contributed by atoms with van der Waals surface area (Å²) < 4.78 is 5.67. The van der Waals surface area contributed by atoms with E-state index >= 15 is 0 Å². The topological polar surface area (TPSA) is 116 Å². The molecule has 0 radical (unpaired) electrons. The molecule has 1 aliphatic heterocycles. The quantitative estimate of drug-likeness (QED) is 0.422. The van der Waals surface area contributed by atoms with Crippen LogP contribution in [0.3, 0.4) is 0 Å². The van der Waals surface area contributed by atoms with Gasteiger partial charge in [0.1, 0.15) is 36.2 Å². The number of halogens is 1. The van der Waals surface area contributed by atoms with Crippen LogP contribution < -0.4 is 0 Å². The molecule has 0 aliphatic carbocycles. The van der Waals surface area contributed by atoms with Crippen molar-refractivity contribution in [2.24, 2.45) is 0 Å². The molecular formula is C26H25ClN2O5. The third-order valence-electron chi connectivity index (χ3n) is 5.77. The Morgan fingerprint density at radius 1 is 0.912 bits per heavy atom. The summed E-state index contributed by atoms with van der Waals surface area (Å²) in [6.45, 7) is 1.39. The summed E-state index contributed by atoms with van der Waals surface area (Å²) in [5, 5.41) is 48.6. The molecular weight excluding hydrogens is 456 g/mol. The van der Waals surface area contributed by atoms with Gasteiger partial charge in [-0.3, -0.25) is 0 Å². The summed E-state index contributed by atoms with van der Waals surface area (Å²) in [6, 6.07) is 16.7. The fraction of sp³-hybridized carbons (Fsp3) is 0.308. The maximum atomic E-state index is 10.4. The molecule has 7 nitrogen and oxygen atoms in total. The minimum absolute atomic E-state index is 0.479. The third kappa shape index (κ3) is 5.45. The minimum atomic E-state index is -1.44. The minimum Gasteiger partial charge on any atom is -0.394 e. The lowest BCUT2D eigenvalue weighted by molar-refractivity contribution is -0.231. The second-order valence-corrected chi connectivity index (χ2v) is 8.69. The summed E-state index contributed by atoms with van der Waals surface area (Å²) in [6.07, 6.45) is -5.53. The zero-order valence-electron chi connectivity index (χ0n) is 18.5. The van der Waals surface area contributed by atoms with Crippen molar-refractivity contribution in [1.82, 2.24) is 10.2 Å². The second-order valence-electron chi connectivity index (χ2n) is 8.28. The van der Waals surface area contributed by atoms with E-state index in [1.807, 2.05) is 43.3 Å². The van der Waals surface area contributed by atoms with E-state index in [0.29, 0.717) is 22.7 Å². The predicted octanol–water partition coefficient (Wildman–Crippen LogP) is 1.94. The number of aliphatic hydroxyl groups is 4. The molecule has 1 aliphatic rings. The fourth-order valence-electron chi connectivity index (χ4n) is 3.81. The molecule has 8 heteroatoms. The highest BCUT2D eigenvalue weighted by atomic mass is 35.5. The van der Waals surface area contributed by atoms with Gasteiger partial charge in [0, 0.05) is 10.6 Å². The van der Waals surface area contributed by atoms with Gasteiger partial charge in [-0.05, 0) is 66.3 Å². The van der Waals surface area contributed by atoms with Gasteiger partial charge in [0.25, 0.3) is 0 Å². The van der Waals surface area contributed by atoms with Crippen molar-refractivity contribution in [3.8, 4) is 11.8 Å². The smallest absolute Gasteiger partial charge is 0.136 e. The first-order valence-corrected chi connectivity index (χ1v) is 11.2. The number of ether oxygens (including phenoxy) is 1. The van der Waals surface area contributed by atoms with Crippen LogP contribution in [0.5, 0.6) is 0 Å². The Morgan fingerprint density at radius 3 is 2.35 bits per heavy atom. The van der Waals surface area contributed by atoms with Crippen LogP contribution in [0.2, 0.25) is 5.02 Å². The van der Waals surface area contributed by atoms with Crippen molar-refractivity contribution in [2.75, 3.05) is 6.61 Å². The monoisotopic (exact) mass is 480 g/mol. The summed E-state index contributed by atoms with van der Waals surface area (Å²) in [5.41, 5.74) is 4.69. The molecule has 2 aromatic carbocycles. The van der Waals surface area contributed by atoms with Gasteiger partial charge in [0.2, 0.25) is 0 Å². The number of rotatable bonds is 4. The van der Waals surface area contributed by atoms with E-state index in [1.54, 1.807) is 18.2 Å². The highest BCUT2D eigenvalue weighted by Crippen LogP contribution is 2.34. The predicted molar refractivity (Wildman–Crippen MR) is 126 cm³/mol. The van der Waals surface area contributed by atoms with E-state index in [9.17, 15) is 20.4 Å². The molecule has 0 bridgehead atoms. The SMILES string of the molecule is Cc1ccc(C#Cc2ccc(Cc3cc([C@@H]4O[C@H](CO)[C@@H](O)[C@H](O)[C@H]4O)ccc3Cl)cc2)nn1. The van der Waals surface area contributed by atoms with Crippen LogP contribution in [-0.4, -0.2) is 61.6 Å². The van der Waals surface area contributed by atoms with Gasteiger partial charge in [-0.1, -0.05) is 41.8 Å². The van der Waals surface area contributed by atoms with Crippen molar-refractivity contribution in [3.63, 3.8) is 0 Å². The lowest BCUT2D eigenvalue weighted by Gasteiger charge is -2.40. The van der Waals surface area contributed by atoms with Crippen LogP contribution in [0, 0.1) is 18.8 Å². The lowest BCUT2D eigenvalue weighted by atomic mass is 9.90. The molecule has 0 unspecified atom stereocenters. The highest BCUT2D eigenvalue weighted by molar-refractivity contribution is 6.31. The average molecular weight is 481 g/mol. The van der Waals surface area contributed by atoms with Crippen molar-refractivity contribution < 1.29 is 25.2 Å². The second kappa shape index (κ2) is 10.6. The molecule has 4 rings (SSSR count). The molecule has 34 heavy (non-hydrogen) atoms. The molecule has 0 amide bonds. The maximum Gasteiger partial charge on any atom is 0.136 e. The molecule has 1 fully saturated rings. The number of aryl methyl sites for hydroxylation is 1. The van der Waals surface area contributed by atoms with Gasteiger partial charge in [-0.2, -0.15) is 5.10 Å². The Morgan fingerprint density at radius 2 is 1.68 bits per heavy atom. The largest absolute Gasteiger partial charge is 0.394 e. The van der Waals surface area contributed by atoms with Crippen LogP contribution >= 0.6 is 11.6 Å². The zero-order valence-corrected chi connectivity index (χ0v) is 19.2. The molecule has 5 atom stereocenters. The molecule has 2 heterocycles. The molecule has 3 aromatic rings. The van der Waals surface area contributed by atoms with Gasteiger partial charge >= 0.3 is 0 Å². The summed E-state index contributed by atoms with van der Waals surface area (Å²) >= 11 is 6.42. The van der Waals surface area contributed by atoms with Crippen LogP contribution in [0.15, 0.2) is 54.6 Å². The van der Waals surface area contributed by atoms with Gasteiger partial charge in [-0.25, -0.2) is 0 Å². The molecule has 176 valence electrons. The Kier molecular flexibility index (Phi) is 7.59. The molecule has 4 N–H and O–H groups in total. The van der Waals surface area contributed by atoms with E-state index in [0.717, 1.165) is 22.4 Å². The molecule has 0 saturated carbocycles. The van der Waals surface area contributed by atoms with Gasteiger partial charge in [0.15, 0.2) is 0 Å². The number of aliphatic hydroxyl groups excluding tert-OH is 4. The van der Waals surface area contributed by atoms with E-state index in [2.05, 4.69) is 22.0 Å². The van der Waals surface area contributed by atoms with E-state index in [-0.39, 0.29) is 0 Å². The fourth-order valence-corrected chi connectivity index (χ4v) is 4.00. The van der Waals surface area contributed by atoms with Gasteiger partial charge < -0.3 is 25.2 Å². The molecule has 1 aromatic heterocycles. The first kappa shape index (κ1) is 24.3. The van der Waals surface area contributed by atoms with E-state index in [4.69, 9.17) is 16.3 Å². The van der Waals surface area contributed by atoms with Crippen molar-refractivity contribution in [1.29, 1.82) is 0 Å². The number of hydrogen-bond acceptors (Lipinski definition) is 7. The summed E-state index contributed by atoms with van der Waals surface area (Å²) in [7, 11) is 0. The Labute approximate surface area is 202 Å². The van der Waals surface area contributed by atoms with Crippen molar-refractivity contribution in [2.45, 2.75) is 43.9 Å². The van der Waals surface area contributed by atoms with Gasteiger partial charge in [0.05, 0.1) is 12.3 Å². The zero-order chi connectivity index (χ0) is 24.2. The standard InChI is InChI=1S/C26H25ClN2O5/c1-15-2-9-20(29-28-15)10-7-16-3-5-17(6-4-16)12-19-13-18(8-11-21(19)27)26-25(33)24(32)23(31)22(14-30)34-26/h2-6,8-9,11,13,22-26,30-33H,12,14H2,1H3/t22-,23-,24+,25-,26+/m1/s1. The first-order chi connectivity index (χ1) is 16.4.